The van der Waals surface area contributed by atoms with E-state index in [4.69, 9.17) is 4.42 Å². The molecule has 1 aliphatic rings. The lowest BCUT2D eigenvalue weighted by Crippen LogP contribution is -1.95. The molecule has 0 atom stereocenters. The third kappa shape index (κ3) is 3.64. The van der Waals surface area contributed by atoms with Gasteiger partial charge in [-0.15, -0.1) is 0 Å². The lowest BCUT2D eigenvalue weighted by Gasteiger charge is -2.23. The van der Waals surface area contributed by atoms with Gasteiger partial charge in [-0.25, -0.2) is 0 Å². The van der Waals surface area contributed by atoms with E-state index in [0.29, 0.717) is 0 Å². The lowest BCUT2D eigenvalue weighted by atomic mass is 9.84. The molecule has 2 heteroatoms. The van der Waals surface area contributed by atoms with E-state index in [-0.39, 0.29) is 0 Å². The second-order valence-electron chi connectivity index (χ2n) is 12.8. The molecular weight excluding hydrogens is 601 g/mol. The van der Waals surface area contributed by atoms with Gasteiger partial charge in [0.2, 0.25) is 0 Å². The summed E-state index contributed by atoms with van der Waals surface area (Å²) in [5.74, 6) is 0. The number of furan rings is 1. The van der Waals surface area contributed by atoms with E-state index in [9.17, 15) is 0 Å². The summed E-state index contributed by atoms with van der Waals surface area (Å²) in [6.07, 6.45) is 0. The minimum Gasteiger partial charge on any atom is -0.456 e. The van der Waals surface area contributed by atoms with E-state index in [1.807, 2.05) is 11.8 Å². The fourth-order valence-corrected chi connectivity index (χ4v) is 9.28. The molecular formula is C46H26OS. The van der Waals surface area contributed by atoms with E-state index in [1.54, 1.807) is 0 Å². The number of rotatable bonds is 2. The Morgan fingerprint density at radius 1 is 0.354 bits per heavy atom. The Morgan fingerprint density at radius 3 is 1.77 bits per heavy atom. The second-order valence-corrected chi connectivity index (χ2v) is 13.9. The highest BCUT2D eigenvalue weighted by atomic mass is 32.2. The van der Waals surface area contributed by atoms with Crippen molar-refractivity contribution in [3.8, 4) is 33.4 Å². The van der Waals surface area contributed by atoms with Crippen molar-refractivity contribution in [2.75, 3.05) is 0 Å². The molecule has 10 aromatic rings. The van der Waals surface area contributed by atoms with Crippen LogP contribution in [0.3, 0.4) is 0 Å². The van der Waals surface area contributed by atoms with Gasteiger partial charge in [0, 0.05) is 25.9 Å². The van der Waals surface area contributed by atoms with Crippen LogP contribution in [0.1, 0.15) is 0 Å². The zero-order valence-electron chi connectivity index (χ0n) is 25.8. The van der Waals surface area contributed by atoms with E-state index in [0.717, 1.165) is 21.9 Å². The van der Waals surface area contributed by atoms with Crippen molar-refractivity contribution in [1.29, 1.82) is 0 Å². The third-order valence-corrected chi connectivity index (χ3v) is 11.4. The van der Waals surface area contributed by atoms with Crippen LogP contribution in [0.4, 0.5) is 0 Å². The van der Waals surface area contributed by atoms with Gasteiger partial charge < -0.3 is 4.42 Å². The van der Waals surface area contributed by atoms with Crippen LogP contribution in [-0.2, 0) is 0 Å². The van der Waals surface area contributed by atoms with E-state index < -0.39 is 0 Å². The predicted octanol–water partition coefficient (Wildman–Crippen LogP) is 13.7. The Kier molecular flexibility index (Phi) is 5.38. The van der Waals surface area contributed by atoms with E-state index in [2.05, 4.69) is 158 Å². The Hall–Kier alpha value is -5.83. The summed E-state index contributed by atoms with van der Waals surface area (Å²) in [7, 11) is 0. The van der Waals surface area contributed by atoms with Crippen LogP contribution in [0.15, 0.2) is 172 Å². The molecule has 1 aromatic heterocycles. The normalized spacial score (nSPS) is 12.5. The van der Waals surface area contributed by atoms with Crippen LogP contribution in [0.25, 0.3) is 98.4 Å². The van der Waals surface area contributed by atoms with Crippen LogP contribution in [0.2, 0.25) is 0 Å². The van der Waals surface area contributed by atoms with Crippen molar-refractivity contribution >= 4 is 76.8 Å². The maximum Gasteiger partial charge on any atom is 0.136 e. The molecule has 11 rings (SSSR count). The Bertz CT molecular complexity index is 2930. The molecule has 1 nitrogen and oxygen atoms in total. The first-order chi connectivity index (χ1) is 23.8. The van der Waals surface area contributed by atoms with Gasteiger partial charge >= 0.3 is 0 Å². The van der Waals surface area contributed by atoms with Crippen LogP contribution in [-0.4, -0.2) is 0 Å². The first-order valence-electron chi connectivity index (χ1n) is 16.4. The molecule has 0 fully saturated rings. The summed E-state index contributed by atoms with van der Waals surface area (Å²) in [6.45, 7) is 0. The first-order valence-corrected chi connectivity index (χ1v) is 17.2. The number of benzene rings is 9. The maximum absolute atomic E-state index is 6.40. The molecule has 0 saturated carbocycles. The van der Waals surface area contributed by atoms with Gasteiger partial charge in [-0.3, -0.25) is 0 Å². The molecule has 0 spiro atoms. The SMILES string of the molecule is c1ccc2c(c1)Sc1ccc(-c3c4ccccc4c(-c4ccc5oc6cc7ccccc7cc6c5c4)c4ccccc34)c3cccc-2c13. The van der Waals surface area contributed by atoms with Crippen LogP contribution >= 0.6 is 11.8 Å². The zero-order valence-corrected chi connectivity index (χ0v) is 26.6. The van der Waals surface area contributed by atoms with Crippen LogP contribution in [0, 0.1) is 0 Å². The predicted molar refractivity (Wildman–Crippen MR) is 204 cm³/mol. The summed E-state index contributed by atoms with van der Waals surface area (Å²) in [5.41, 5.74) is 9.50. The standard InChI is InChI=1S/C46H26OS/c1-2-11-28-26-41-39(24-27(28)10-1)38-25-29(20-22-40(38)47-41)44-32-13-3-5-15-34(32)45(35-16-6-4-14-33(35)44)37-21-23-43-46-31(17-9-18-36(37)46)30-12-7-8-19-42(30)48-43/h1-26H. The molecule has 0 N–H and O–H groups in total. The van der Waals surface area contributed by atoms with Gasteiger partial charge in [0.15, 0.2) is 0 Å². The third-order valence-electron chi connectivity index (χ3n) is 10.2. The summed E-state index contributed by atoms with van der Waals surface area (Å²) in [6, 6.07) is 57.9. The van der Waals surface area contributed by atoms with E-state index >= 15 is 0 Å². The highest BCUT2D eigenvalue weighted by Crippen LogP contribution is 2.52. The van der Waals surface area contributed by atoms with Crippen LogP contribution < -0.4 is 0 Å². The van der Waals surface area contributed by atoms with Gasteiger partial charge in [0.1, 0.15) is 11.2 Å². The van der Waals surface area contributed by atoms with Crippen molar-refractivity contribution in [2.45, 2.75) is 9.79 Å². The summed E-state index contributed by atoms with van der Waals surface area (Å²) >= 11 is 1.88. The highest BCUT2D eigenvalue weighted by molar-refractivity contribution is 7.99. The molecule has 48 heavy (non-hydrogen) atoms. The topological polar surface area (TPSA) is 13.1 Å². The lowest BCUT2D eigenvalue weighted by molar-refractivity contribution is 0.669. The molecule has 2 heterocycles. The molecule has 1 aliphatic heterocycles. The van der Waals surface area contributed by atoms with Crippen molar-refractivity contribution in [1.82, 2.24) is 0 Å². The van der Waals surface area contributed by atoms with Crippen LogP contribution in [0.5, 0.6) is 0 Å². The molecule has 0 amide bonds. The first kappa shape index (κ1) is 26.3. The molecule has 222 valence electrons. The van der Waals surface area contributed by atoms with Crippen molar-refractivity contribution in [3.63, 3.8) is 0 Å². The van der Waals surface area contributed by atoms with Crippen molar-refractivity contribution < 1.29 is 4.42 Å². The molecule has 9 aromatic carbocycles. The van der Waals surface area contributed by atoms with Crippen molar-refractivity contribution in [3.05, 3.63) is 158 Å². The quantitative estimate of drug-likeness (QED) is 0.177. The molecule has 0 bridgehead atoms. The smallest absolute Gasteiger partial charge is 0.136 e. The second kappa shape index (κ2) is 9.84. The Balaban J connectivity index is 1.21. The molecule has 0 aliphatic carbocycles. The minimum atomic E-state index is 0.914. The molecule has 0 unspecified atom stereocenters. The van der Waals surface area contributed by atoms with Gasteiger partial charge in [-0.1, -0.05) is 133 Å². The molecule has 0 radical (unpaired) electrons. The van der Waals surface area contributed by atoms with Gasteiger partial charge in [-0.05, 0) is 107 Å². The largest absolute Gasteiger partial charge is 0.456 e. The fraction of sp³-hybridized carbons (Fsp3) is 0. The average molecular weight is 627 g/mol. The Morgan fingerprint density at radius 2 is 0.979 bits per heavy atom. The average Bonchev–Trinajstić information content (AvgIpc) is 3.50. The number of fused-ring (bicyclic) bond motifs is 8. The monoisotopic (exact) mass is 626 g/mol. The van der Waals surface area contributed by atoms with Crippen molar-refractivity contribution in [2.24, 2.45) is 0 Å². The summed E-state index contributed by atoms with van der Waals surface area (Å²) in [4.78, 5) is 2.64. The maximum atomic E-state index is 6.40. The fourth-order valence-electron chi connectivity index (χ4n) is 8.15. The van der Waals surface area contributed by atoms with E-state index in [1.165, 1.54) is 86.3 Å². The zero-order chi connectivity index (χ0) is 31.3. The number of hydrogen-bond donors (Lipinski definition) is 0. The highest BCUT2D eigenvalue weighted by Gasteiger charge is 2.23. The van der Waals surface area contributed by atoms with Gasteiger partial charge in [-0.2, -0.15) is 0 Å². The van der Waals surface area contributed by atoms with Gasteiger partial charge in [0.05, 0.1) is 0 Å². The summed E-state index contributed by atoms with van der Waals surface area (Å²) in [5, 5.41) is 12.4. The minimum absolute atomic E-state index is 0.914. The Labute approximate surface area is 281 Å². The molecule has 0 saturated heterocycles. The summed E-state index contributed by atoms with van der Waals surface area (Å²) < 4.78 is 6.40. The number of hydrogen-bond acceptors (Lipinski definition) is 2. The van der Waals surface area contributed by atoms with Gasteiger partial charge in [0.25, 0.3) is 0 Å².